The summed E-state index contributed by atoms with van der Waals surface area (Å²) in [6, 6.07) is 0. The summed E-state index contributed by atoms with van der Waals surface area (Å²) < 4.78 is 0. The van der Waals surface area contributed by atoms with Gasteiger partial charge in [-0.2, -0.15) is 0 Å². The maximum atomic E-state index is 10.1. The quantitative estimate of drug-likeness (QED) is 0.279. The third-order valence-corrected chi connectivity index (χ3v) is 1.81. The number of fused-ring (bicyclic) bond motifs is 1. The van der Waals surface area contributed by atoms with Crippen molar-refractivity contribution in [2.45, 2.75) is 0 Å². The van der Waals surface area contributed by atoms with E-state index in [-0.39, 0.29) is 29.1 Å². The number of aromatic amines is 1. The van der Waals surface area contributed by atoms with Crippen molar-refractivity contribution in [1.29, 1.82) is 0 Å². The molecule has 0 aromatic carbocycles. The number of nitrogens with two attached hydrogens (primary N) is 2. The van der Waals surface area contributed by atoms with Gasteiger partial charge in [0.2, 0.25) is 0 Å². The third kappa shape index (κ3) is 7.17. The molecule has 0 saturated carbocycles. The number of aliphatic imine (C=N–C) groups is 1. The van der Waals surface area contributed by atoms with Crippen LogP contribution in [0.5, 0.6) is 0 Å². The van der Waals surface area contributed by atoms with Crippen molar-refractivity contribution in [3.63, 3.8) is 0 Å². The Kier molecular flexibility index (Phi) is 10.5. The van der Waals surface area contributed by atoms with Gasteiger partial charge in [0.25, 0.3) is 0 Å². The summed E-state index contributed by atoms with van der Waals surface area (Å²) in [5.74, 6) is -1.57. The van der Waals surface area contributed by atoms with Gasteiger partial charge in [-0.1, -0.05) is 0 Å². The fraction of sp³-hybridized carbons (Fsp3) is 0.222. The molecule has 21 heavy (non-hydrogen) atoms. The average Bonchev–Trinajstić information content (AvgIpc) is 2.86. The van der Waals surface area contributed by atoms with Crippen LogP contribution in [0.2, 0.25) is 0 Å². The number of nitrogen functional groups attached to an aromatic ring is 1. The number of imidazole rings is 1. The van der Waals surface area contributed by atoms with Crippen LogP contribution in [0.15, 0.2) is 17.6 Å². The van der Waals surface area contributed by atoms with Crippen LogP contribution in [0.3, 0.4) is 0 Å². The molecule has 2 rings (SSSR count). The first-order valence-electron chi connectivity index (χ1n) is 5.04. The Morgan fingerprint density at radius 2 is 2.00 bits per heavy atom. The minimum absolute atomic E-state index is 0. The van der Waals surface area contributed by atoms with Gasteiger partial charge in [-0.25, -0.2) is 15.0 Å². The number of carbonyl (C=O) groups excluding carboxylic acids is 1. The van der Waals surface area contributed by atoms with Gasteiger partial charge in [0, 0.05) is 6.54 Å². The standard InChI is InChI=1S/C5H5N5.C4H8N2O3.Cu.H2O/c6-4-3-5(9-1-7-3)10-2-8-4;5-1-3(7)6-2-4(8)9;;/h1-2H,(H3,6,7,8,9,10);1-2,5H2,(H,6,7)(H,8,9);;1H2/q;;+2;/p-2. The fourth-order valence-corrected chi connectivity index (χ4v) is 1.00. The Hall–Kier alpha value is -2.27. The van der Waals surface area contributed by atoms with Crippen LogP contribution in [0, 0.1) is 0 Å². The molecule has 0 fully saturated rings. The van der Waals surface area contributed by atoms with E-state index >= 15 is 0 Å². The first kappa shape index (κ1) is 21.0. The van der Waals surface area contributed by atoms with Crippen molar-refractivity contribution < 1.29 is 37.6 Å². The number of rotatable bonds is 3. The molecule has 119 valence electrons. The zero-order chi connectivity index (χ0) is 14.3. The molecule has 2 aromatic heterocycles. The number of nitrogens with zero attached hydrogens (tertiary/aromatic N) is 4. The van der Waals surface area contributed by atoms with Gasteiger partial charge < -0.3 is 36.9 Å². The molecule has 0 unspecified atom stereocenters. The number of anilines is 1. The predicted octanol–water partition coefficient (Wildman–Crippen LogP) is -4.44. The molecule has 0 amide bonds. The number of aromatic nitrogens is 4. The second-order valence-electron chi connectivity index (χ2n) is 3.15. The minimum Gasteiger partial charge on any atom is -0.861 e. The van der Waals surface area contributed by atoms with Gasteiger partial charge in [0.05, 0.1) is 18.8 Å². The van der Waals surface area contributed by atoms with E-state index in [4.69, 9.17) is 11.5 Å². The van der Waals surface area contributed by atoms with Gasteiger partial charge in [-0.15, -0.1) is 0 Å². The molecule has 11 nitrogen and oxygen atoms in total. The van der Waals surface area contributed by atoms with Crippen LogP contribution in [0.4, 0.5) is 5.82 Å². The van der Waals surface area contributed by atoms with E-state index in [2.05, 4.69) is 24.9 Å². The van der Waals surface area contributed by atoms with E-state index in [9.17, 15) is 15.0 Å². The van der Waals surface area contributed by atoms with Crippen LogP contribution in [-0.4, -0.2) is 50.4 Å². The SMILES string of the molecule is NCC([O-])=NCC(=O)[O-].Nc1ncnc2nc[nH]c12.O.[Cu+2]. The molecule has 2 heterocycles. The number of hydrogen-bond acceptors (Lipinski definition) is 9. The molecule has 2 aromatic rings. The van der Waals surface area contributed by atoms with E-state index in [0.717, 1.165) is 0 Å². The first-order chi connectivity index (χ1) is 9.04. The molecule has 12 heteroatoms. The fourth-order valence-electron chi connectivity index (χ4n) is 1.00. The third-order valence-electron chi connectivity index (χ3n) is 1.81. The van der Waals surface area contributed by atoms with E-state index in [1.54, 1.807) is 0 Å². The second kappa shape index (κ2) is 10.5. The van der Waals surface area contributed by atoms with Gasteiger partial charge in [-0.05, 0) is 5.90 Å². The summed E-state index contributed by atoms with van der Waals surface area (Å²) in [4.78, 5) is 27.0. The monoisotopic (exact) mass is 346 g/mol. The van der Waals surface area contributed by atoms with E-state index in [1.165, 1.54) is 12.7 Å². The largest absolute Gasteiger partial charge is 2.00 e. The van der Waals surface area contributed by atoms with Gasteiger partial charge in [0.15, 0.2) is 11.5 Å². The van der Waals surface area contributed by atoms with E-state index in [0.29, 0.717) is 17.0 Å². The molecule has 0 bridgehead atoms. The summed E-state index contributed by atoms with van der Waals surface area (Å²) in [5.41, 5.74) is 11.6. The van der Waals surface area contributed by atoms with Crippen molar-refractivity contribution >= 4 is 28.8 Å². The summed E-state index contributed by atoms with van der Waals surface area (Å²) in [6.07, 6.45) is 2.92. The summed E-state index contributed by atoms with van der Waals surface area (Å²) in [6.45, 7) is -0.858. The number of aliphatic carboxylic acids is 1. The van der Waals surface area contributed by atoms with Gasteiger partial charge >= 0.3 is 17.1 Å². The Morgan fingerprint density at radius 1 is 1.33 bits per heavy atom. The second-order valence-corrected chi connectivity index (χ2v) is 3.15. The Morgan fingerprint density at radius 3 is 2.52 bits per heavy atom. The Balaban J connectivity index is 0. The molecule has 0 aliphatic rings. The van der Waals surface area contributed by atoms with Crippen LogP contribution >= 0.6 is 0 Å². The Bertz CT molecular complexity index is 588. The molecular weight excluding hydrogens is 334 g/mol. The summed E-state index contributed by atoms with van der Waals surface area (Å²) >= 11 is 0. The van der Waals surface area contributed by atoms with Crippen LogP contribution in [-0.2, 0) is 21.9 Å². The van der Waals surface area contributed by atoms with Crippen molar-refractivity contribution in [2.24, 2.45) is 10.7 Å². The topological polar surface area (TPSA) is 214 Å². The molecular formula is C9H13CuN7O4. The van der Waals surface area contributed by atoms with Crippen LogP contribution < -0.4 is 21.7 Å². The van der Waals surface area contributed by atoms with Crippen molar-refractivity contribution in [3.8, 4) is 0 Å². The Labute approximate surface area is 129 Å². The number of H-pyrrole nitrogens is 1. The summed E-state index contributed by atoms with van der Waals surface area (Å²) in [7, 11) is 0. The number of carboxylic acids is 1. The van der Waals surface area contributed by atoms with Crippen LogP contribution in [0.1, 0.15) is 0 Å². The molecule has 0 aliphatic carbocycles. The van der Waals surface area contributed by atoms with Gasteiger partial charge in [-0.3, -0.25) is 4.99 Å². The van der Waals surface area contributed by atoms with Crippen molar-refractivity contribution in [3.05, 3.63) is 12.7 Å². The molecule has 1 radical (unpaired) electrons. The molecule has 0 saturated heterocycles. The number of carboxylic acid groups (broad SMARTS) is 1. The summed E-state index contributed by atoms with van der Waals surface area (Å²) in [5, 5.41) is 19.8. The van der Waals surface area contributed by atoms with E-state index in [1.807, 2.05) is 0 Å². The number of carbonyl (C=O) groups is 1. The zero-order valence-electron chi connectivity index (χ0n) is 10.5. The molecule has 0 spiro atoms. The van der Waals surface area contributed by atoms with Gasteiger partial charge in [0.1, 0.15) is 11.8 Å². The van der Waals surface area contributed by atoms with Crippen molar-refractivity contribution in [1.82, 2.24) is 19.9 Å². The van der Waals surface area contributed by atoms with E-state index < -0.39 is 18.4 Å². The predicted molar refractivity (Wildman–Crippen MR) is 66.1 cm³/mol. The maximum Gasteiger partial charge on any atom is 2.00 e. The number of hydrogen-bond donors (Lipinski definition) is 3. The molecule has 0 atom stereocenters. The zero-order valence-corrected chi connectivity index (χ0v) is 11.5. The normalized spacial score (nSPS) is 9.86. The maximum absolute atomic E-state index is 10.1. The average molecular weight is 347 g/mol. The number of nitrogens with one attached hydrogen (secondary N) is 1. The minimum atomic E-state index is -1.38. The first-order valence-corrected chi connectivity index (χ1v) is 5.04. The smallest absolute Gasteiger partial charge is 0.861 e. The molecule has 7 N–H and O–H groups in total. The van der Waals surface area contributed by atoms with Crippen molar-refractivity contribution in [2.75, 3.05) is 18.8 Å². The molecule has 0 aliphatic heterocycles. The van der Waals surface area contributed by atoms with Crippen LogP contribution in [0.25, 0.3) is 11.2 Å².